The van der Waals surface area contributed by atoms with Crippen LogP contribution in [0, 0.1) is 11.3 Å². The van der Waals surface area contributed by atoms with Gasteiger partial charge in [-0.1, -0.05) is 0 Å². The number of fused-ring (bicyclic) bond motifs is 1. The highest BCUT2D eigenvalue weighted by Gasteiger charge is 2.00. The highest BCUT2D eigenvalue weighted by molar-refractivity contribution is 5.81. The second-order valence-corrected chi connectivity index (χ2v) is 2.71. The minimum absolute atomic E-state index is 0.668. The zero-order valence-electron chi connectivity index (χ0n) is 7.19. The van der Waals surface area contributed by atoms with Crippen LogP contribution in [0.2, 0.25) is 0 Å². The Kier molecular flexibility index (Phi) is 1.67. The minimum atomic E-state index is 0.668. The zero-order valence-corrected chi connectivity index (χ0v) is 7.19. The van der Waals surface area contributed by atoms with Gasteiger partial charge in [0.15, 0.2) is 0 Å². The van der Waals surface area contributed by atoms with Crippen LogP contribution in [0.15, 0.2) is 30.5 Å². The molecule has 0 spiro atoms. The summed E-state index contributed by atoms with van der Waals surface area (Å²) in [5, 5.41) is 9.69. The third-order valence-corrected chi connectivity index (χ3v) is 1.98. The SMILES string of the molecule is COn1ccc2cc(C#N)ccc21. The molecule has 3 heteroatoms. The van der Waals surface area contributed by atoms with Crippen LogP contribution >= 0.6 is 0 Å². The Morgan fingerprint density at radius 3 is 2.92 bits per heavy atom. The van der Waals surface area contributed by atoms with E-state index in [1.54, 1.807) is 17.9 Å². The van der Waals surface area contributed by atoms with Gasteiger partial charge in [-0.15, -0.1) is 0 Å². The first kappa shape index (κ1) is 7.69. The standard InChI is InChI=1S/C10H8N2O/c1-13-12-5-4-9-6-8(7-11)2-3-10(9)12/h2-6H,1H3. The number of hydrogen-bond acceptors (Lipinski definition) is 2. The maximum atomic E-state index is 8.67. The molecule has 0 N–H and O–H groups in total. The van der Waals surface area contributed by atoms with Gasteiger partial charge >= 0.3 is 0 Å². The normalized spacial score (nSPS) is 9.85. The van der Waals surface area contributed by atoms with E-state index < -0.39 is 0 Å². The van der Waals surface area contributed by atoms with Crippen LogP contribution in [0.3, 0.4) is 0 Å². The second-order valence-electron chi connectivity index (χ2n) is 2.71. The molecule has 1 aromatic heterocycles. The molecule has 64 valence electrons. The summed E-state index contributed by atoms with van der Waals surface area (Å²) in [4.78, 5) is 5.07. The van der Waals surface area contributed by atoms with Crippen molar-refractivity contribution < 1.29 is 4.84 Å². The summed E-state index contributed by atoms with van der Waals surface area (Å²) in [5.74, 6) is 0. The first-order valence-electron chi connectivity index (χ1n) is 3.91. The van der Waals surface area contributed by atoms with E-state index in [1.807, 2.05) is 24.4 Å². The van der Waals surface area contributed by atoms with Crippen LogP contribution in [0.5, 0.6) is 0 Å². The maximum absolute atomic E-state index is 8.67. The molecule has 0 saturated heterocycles. The molecular formula is C10H8N2O. The van der Waals surface area contributed by atoms with Crippen molar-refractivity contribution in [2.24, 2.45) is 0 Å². The van der Waals surface area contributed by atoms with Crippen LogP contribution < -0.4 is 4.84 Å². The molecule has 0 aliphatic carbocycles. The van der Waals surface area contributed by atoms with Crippen molar-refractivity contribution in [2.75, 3.05) is 7.11 Å². The van der Waals surface area contributed by atoms with Crippen molar-refractivity contribution >= 4 is 10.9 Å². The molecule has 2 rings (SSSR count). The average molecular weight is 172 g/mol. The van der Waals surface area contributed by atoms with Crippen molar-refractivity contribution in [2.45, 2.75) is 0 Å². The summed E-state index contributed by atoms with van der Waals surface area (Å²) in [6, 6.07) is 9.50. The zero-order chi connectivity index (χ0) is 9.26. The molecule has 1 aromatic carbocycles. The van der Waals surface area contributed by atoms with Crippen molar-refractivity contribution in [3.63, 3.8) is 0 Å². The van der Waals surface area contributed by atoms with E-state index in [4.69, 9.17) is 10.1 Å². The van der Waals surface area contributed by atoms with Gasteiger partial charge in [0.25, 0.3) is 0 Å². The molecule has 3 nitrogen and oxygen atoms in total. The number of aromatic nitrogens is 1. The van der Waals surface area contributed by atoms with E-state index in [1.165, 1.54) is 0 Å². The van der Waals surface area contributed by atoms with Crippen molar-refractivity contribution in [3.8, 4) is 6.07 Å². The Bertz CT molecular complexity index is 479. The average Bonchev–Trinajstić information content (AvgIpc) is 2.59. The van der Waals surface area contributed by atoms with Gasteiger partial charge in [-0.3, -0.25) is 0 Å². The molecule has 0 atom stereocenters. The van der Waals surface area contributed by atoms with E-state index in [0.717, 1.165) is 10.9 Å². The molecule has 1 heterocycles. The maximum Gasteiger partial charge on any atom is 0.104 e. The van der Waals surface area contributed by atoms with E-state index >= 15 is 0 Å². The summed E-state index contributed by atoms with van der Waals surface area (Å²) in [5.41, 5.74) is 1.64. The third kappa shape index (κ3) is 1.13. The number of benzene rings is 1. The van der Waals surface area contributed by atoms with Gasteiger partial charge < -0.3 is 4.84 Å². The van der Waals surface area contributed by atoms with Gasteiger partial charge in [0, 0.05) is 11.6 Å². The van der Waals surface area contributed by atoms with Gasteiger partial charge in [0.1, 0.15) is 7.11 Å². The van der Waals surface area contributed by atoms with Gasteiger partial charge in [-0.05, 0) is 24.3 Å². The largest absolute Gasteiger partial charge is 0.417 e. The van der Waals surface area contributed by atoms with Gasteiger partial charge in [0.2, 0.25) is 0 Å². The highest BCUT2D eigenvalue weighted by Crippen LogP contribution is 2.15. The quantitative estimate of drug-likeness (QED) is 0.654. The molecule has 0 saturated carbocycles. The van der Waals surface area contributed by atoms with Crippen molar-refractivity contribution in [1.29, 1.82) is 5.26 Å². The molecule has 0 aliphatic rings. The fraction of sp³-hybridized carbons (Fsp3) is 0.100. The van der Waals surface area contributed by atoms with Gasteiger partial charge in [-0.25, -0.2) is 0 Å². The molecule has 0 bridgehead atoms. The molecule has 0 fully saturated rings. The van der Waals surface area contributed by atoms with E-state index in [9.17, 15) is 0 Å². The second kappa shape index (κ2) is 2.83. The summed E-state index contributed by atoms with van der Waals surface area (Å²) in [6.45, 7) is 0. The van der Waals surface area contributed by atoms with Crippen LogP contribution in [-0.2, 0) is 0 Å². The molecule has 0 aliphatic heterocycles. The predicted molar refractivity (Wildman–Crippen MR) is 49.2 cm³/mol. The fourth-order valence-electron chi connectivity index (χ4n) is 1.35. The smallest absolute Gasteiger partial charge is 0.104 e. The Labute approximate surface area is 75.7 Å². The number of rotatable bonds is 1. The van der Waals surface area contributed by atoms with Gasteiger partial charge in [0.05, 0.1) is 17.1 Å². The molecular weight excluding hydrogens is 164 g/mol. The highest BCUT2D eigenvalue weighted by atomic mass is 16.6. The first-order valence-corrected chi connectivity index (χ1v) is 3.91. The lowest BCUT2D eigenvalue weighted by molar-refractivity contribution is 0.179. The number of hydrogen-bond donors (Lipinski definition) is 0. The van der Waals surface area contributed by atoms with Crippen molar-refractivity contribution in [1.82, 2.24) is 4.73 Å². The van der Waals surface area contributed by atoms with Gasteiger partial charge in [-0.2, -0.15) is 9.99 Å². The van der Waals surface area contributed by atoms with E-state index in [0.29, 0.717) is 5.56 Å². The lowest BCUT2D eigenvalue weighted by Crippen LogP contribution is -2.02. The molecule has 0 amide bonds. The molecule has 0 radical (unpaired) electrons. The Morgan fingerprint density at radius 2 is 2.23 bits per heavy atom. The van der Waals surface area contributed by atoms with Crippen LogP contribution in [0.25, 0.3) is 10.9 Å². The Balaban J connectivity index is 2.70. The fourth-order valence-corrected chi connectivity index (χ4v) is 1.35. The minimum Gasteiger partial charge on any atom is -0.417 e. The summed E-state index contributed by atoms with van der Waals surface area (Å²) < 4.78 is 1.66. The summed E-state index contributed by atoms with van der Waals surface area (Å²) in [6.07, 6.45) is 1.83. The first-order chi connectivity index (χ1) is 6.35. The van der Waals surface area contributed by atoms with E-state index in [2.05, 4.69) is 6.07 Å². The summed E-state index contributed by atoms with van der Waals surface area (Å²) in [7, 11) is 1.61. The summed E-state index contributed by atoms with van der Waals surface area (Å²) >= 11 is 0. The molecule has 0 unspecified atom stereocenters. The third-order valence-electron chi connectivity index (χ3n) is 1.98. The monoisotopic (exact) mass is 172 g/mol. The lowest BCUT2D eigenvalue weighted by Gasteiger charge is -2.00. The Morgan fingerprint density at radius 1 is 1.38 bits per heavy atom. The van der Waals surface area contributed by atoms with Crippen LogP contribution in [0.4, 0.5) is 0 Å². The topological polar surface area (TPSA) is 38.0 Å². The van der Waals surface area contributed by atoms with Crippen LogP contribution in [-0.4, -0.2) is 11.8 Å². The Hall–Kier alpha value is -1.95. The van der Waals surface area contributed by atoms with E-state index in [-0.39, 0.29) is 0 Å². The molecule has 13 heavy (non-hydrogen) atoms. The molecule has 2 aromatic rings. The number of nitriles is 1. The number of nitrogens with zero attached hydrogens (tertiary/aromatic N) is 2. The predicted octanol–water partition coefficient (Wildman–Crippen LogP) is 1.57. The van der Waals surface area contributed by atoms with Crippen LogP contribution in [0.1, 0.15) is 5.56 Å². The van der Waals surface area contributed by atoms with Crippen molar-refractivity contribution in [3.05, 3.63) is 36.0 Å². The lowest BCUT2D eigenvalue weighted by atomic mass is 10.2.